The van der Waals surface area contributed by atoms with Crippen molar-refractivity contribution in [3.05, 3.63) is 0 Å². The first kappa shape index (κ1) is 47.4. The summed E-state index contributed by atoms with van der Waals surface area (Å²) in [6.07, 6.45) is 12.3. The van der Waals surface area contributed by atoms with E-state index in [0.29, 0.717) is 74.6 Å². The predicted octanol–water partition coefficient (Wildman–Crippen LogP) is 9.24. The van der Waals surface area contributed by atoms with Gasteiger partial charge in [-0.2, -0.15) is 0 Å². The molecule has 12 aliphatic heterocycles. The van der Waals surface area contributed by atoms with Gasteiger partial charge in [0, 0.05) is 37.0 Å². The fourth-order valence-electron chi connectivity index (χ4n) is 16.9. The van der Waals surface area contributed by atoms with Crippen LogP contribution in [-0.2, 0) is 72.0 Å². The Hall–Kier alpha value is -0.600. The number of fused-ring (bicyclic) bond motifs is 6. The highest BCUT2D eigenvalue weighted by molar-refractivity contribution is 5.13. The Balaban J connectivity index is 0.730. The lowest BCUT2D eigenvalue weighted by Crippen LogP contribution is -2.70. The number of hydrogen-bond acceptors (Lipinski definition) is 15. The number of hydrogen-bond donors (Lipinski definition) is 0. The Morgan fingerprint density at radius 1 is 0.388 bits per heavy atom. The maximum absolute atomic E-state index is 6.94. The summed E-state index contributed by atoms with van der Waals surface area (Å²) in [7, 11) is 0. The third-order valence-electron chi connectivity index (χ3n) is 20.9. The van der Waals surface area contributed by atoms with Gasteiger partial charge in [0.15, 0.2) is 35.7 Å². The van der Waals surface area contributed by atoms with E-state index in [0.717, 1.165) is 77.0 Å². The quantitative estimate of drug-likeness (QED) is 0.136. The molecule has 3 spiro atoms. The summed E-state index contributed by atoms with van der Waals surface area (Å²) in [4.78, 5) is 37.5. The Morgan fingerprint density at radius 2 is 0.687 bits per heavy atom. The maximum atomic E-state index is 6.94. The van der Waals surface area contributed by atoms with Gasteiger partial charge < -0.3 is 42.6 Å². The normalized spacial score (nSPS) is 57.6. The van der Waals surface area contributed by atoms with E-state index in [4.69, 9.17) is 72.0 Å². The van der Waals surface area contributed by atoms with Crippen LogP contribution < -0.4 is 0 Å². The van der Waals surface area contributed by atoms with E-state index in [-0.39, 0.29) is 53.8 Å². The van der Waals surface area contributed by atoms with Crippen LogP contribution in [0.1, 0.15) is 159 Å². The second-order valence-corrected chi connectivity index (χ2v) is 24.6. The van der Waals surface area contributed by atoms with Gasteiger partial charge in [-0.15, -0.1) is 0 Å². The zero-order valence-electron chi connectivity index (χ0n) is 41.8. The molecule has 380 valence electrons. The van der Waals surface area contributed by atoms with E-state index in [1.165, 1.54) is 0 Å². The van der Waals surface area contributed by atoms with E-state index >= 15 is 0 Å². The van der Waals surface area contributed by atoms with Crippen molar-refractivity contribution in [1.29, 1.82) is 0 Å². The first-order chi connectivity index (χ1) is 32.1. The van der Waals surface area contributed by atoms with Crippen LogP contribution >= 0.6 is 0 Å². The highest BCUT2D eigenvalue weighted by atomic mass is 17.3. The third kappa shape index (κ3) is 7.41. The summed E-state index contributed by atoms with van der Waals surface area (Å²) in [5, 5.41) is 0. The second kappa shape index (κ2) is 17.2. The topological polar surface area (TPSA) is 138 Å². The van der Waals surface area contributed by atoms with E-state index in [2.05, 4.69) is 41.5 Å². The lowest BCUT2D eigenvalue weighted by Gasteiger charge is -2.60. The van der Waals surface area contributed by atoms with Crippen molar-refractivity contribution in [3.63, 3.8) is 0 Å². The second-order valence-electron chi connectivity index (χ2n) is 24.6. The summed E-state index contributed by atoms with van der Waals surface area (Å²) >= 11 is 0. The smallest absolute Gasteiger partial charge is 0.271 e. The lowest BCUT2D eigenvalue weighted by molar-refractivity contribution is -0.571. The molecule has 12 saturated heterocycles. The first-order valence-electron chi connectivity index (χ1n) is 27.1. The van der Waals surface area contributed by atoms with Crippen LogP contribution in [0.3, 0.4) is 0 Å². The first-order valence-corrected chi connectivity index (χ1v) is 27.1. The molecule has 6 unspecified atom stereocenters. The molecule has 15 rings (SSSR count). The van der Waals surface area contributed by atoms with E-state index in [1.807, 2.05) is 20.8 Å². The van der Waals surface area contributed by atoms with E-state index in [1.54, 1.807) is 0 Å². The molecule has 15 aliphatic rings. The molecule has 0 amide bonds. The molecule has 0 aromatic rings. The number of ether oxygens (including phenoxy) is 9. The molecule has 12 heterocycles. The van der Waals surface area contributed by atoms with Crippen LogP contribution in [0.4, 0.5) is 0 Å². The van der Waals surface area contributed by atoms with Crippen LogP contribution in [0.5, 0.6) is 0 Å². The van der Waals surface area contributed by atoms with Gasteiger partial charge >= 0.3 is 0 Å². The fourth-order valence-corrected chi connectivity index (χ4v) is 16.9. The Morgan fingerprint density at radius 3 is 0.985 bits per heavy atom. The van der Waals surface area contributed by atoms with Crippen molar-refractivity contribution in [2.75, 3.05) is 19.8 Å². The van der Waals surface area contributed by atoms with Gasteiger partial charge in [-0.25, -0.2) is 29.3 Å². The summed E-state index contributed by atoms with van der Waals surface area (Å²) in [5.41, 5.74) is -1.79. The van der Waals surface area contributed by atoms with Crippen LogP contribution in [0.2, 0.25) is 0 Å². The third-order valence-corrected chi connectivity index (χ3v) is 20.9. The molecule has 0 aromatic carbocycles. The van der Waals surface area contributed by atoms with Crippen molar-refractivity contribution in [3.8, 4) is 0 Å². The average Bonchev–Trinajstić information content (AvgIpc) is 3.78. The monoisotopic (exact) mass is 947 g/mol. The van der Waals surface area contributed by atoms with E-state index in [9.17, 15) is 0 Å². The minimum Gasteiger partial charge on any atom is -0.346 e. The summed E-state index contributed by atoms with van der Waals surface area (Å²) < 4.78 is 60.7. The van der Waals surface area contributed by atoms with Gasteiger partial charge in [0.2, 0.25) is 17.4 Å². The standard InChI is InChI=1S/C52H82O15/c1-28-10-13-37-31(4)40(56-43-50(37)34(28)16-22-47(7,59-43)62-65-50)19-25-53-46(54-26-20-41-32(5)38-14-11-29(2)35-17-23-48(8)60-44(57-41)51(35,38)66-63-48)55-27-21-42-33(6)39-15-12-30(3)36-18-24-49(9)61-45(58-42)52(36,39)67-64-49/h28-46H,10-27H2,1-9H3/t28-,29-,30-,31-,32-,33-,34+,35+,36+,37+,38+,39+,40?,41?,42?,43-,44-,45-,46?,47?,48?,49?,50-,51-,52-/m1/s1. The van der Waals surface area contributed by atoms with Crippen LogP contribution in [0, 0.1) is 71.0 Å². The van der Waals surface area contributed by atoms with Gasteiger partial charge in [-0.1, -0.05) is 41.5 Å². The number of rotatable bonds is 12. The van der Waals surface area contributed by atoms with Gasteiger partial charge in [-0.05, 0) is 151 Å². The van der Waals surface area contributed by atoms with Crippen molar-refractivity contribution in [2.24, 2.45) is 71.0 Å². The molecule has 67 heavy (non-hydrogen) atoms. The van der Waals surface area contributed by atoms with Crippen LogP contribution in [-0.4, -0.2) is 97.6 Å². The summed E-state index contributed by atoms with van der Waals surface area (Å²) in [5.74, 6) is 1.44. The van der Waals surface area contributed by atoms with Gasteiger partial charge in [0.1, 0.15) is 0 Å². The molecule has 15 heteroatoms. The molecular weight excluding hydrogens is 865 g/mol. The lowest BCUT2D eigenvalue weighted by atomic mass is 9.57. The Kier molecular flexibility index (Phi) is 12.2. The SMILES string of the molecule is C[C@@H]1CC[C@H]2[C@@H](C)C(CCOC(OCCC3O[C@@H]4OC5(C)CC[C@H]6[C@H](C)CC[C@@H]([C@H]3C)[C@@]46OO5)OCCC3O[C@@H]4OC5(C)CC[C@H]6[C@H](C)CC[C@@H]([C@H]3C)[C@@]46OO5)O[C@@H]3OC4(C)CC[C@@H]1[C@]32OO4. The maximum Gasteiger partial charge on any atom is 0.271 e. The molecule has 15 fully saturated rings. The van der Waals surface area contributed by atoms with Crippen molar-refractivity contribution in [1.82, 2.24) is 0 Å². The van der Waals surface area contributed by atoms with E-state index < -0.39 is 59.5 Å². The highest BCUT2D eigenvalue weighted by Gasteiger charge is 2.72. The van der Waals surface area contributed by atoms with Gasteiger partial charge in [0.05, 0.1) is 38.1 Å². The highest BCUT2D eigenvalue weighted by Crippen LogP contribution is 2.64. The predicted molar refractivity (Wildman–Crippen MR) is 236 cm³/mol. The van der Waals surface area contributed by atoms with Crippen molar-refractivity contribution < 1.29 is 72.0 Å². The van der Waals surface area contributed by atoms with Gasteiger partial charge in [-0.3, -0.25) is 0 Å². The Labute approximate surface area is 398 Å². The zero-order chi connectivity index (χ0) is 46.3. The molecule has 0 radical (unpaired) electrons. The summed E-state index contributed by atoms with van der Waals surface area (Å²) in [6.45, 7) is 20.2. The minimum atomic E-state index is -0.900. The van der Waals surface area contributed by atoms with Crippen LogP contribution in [0.25, 0.3) is 0 Å². The Bertz CT molecular complexity index is 1610. The average molecular weight is 947 g/mol. The molecule has 0 N–H and O–H groups in total. The molecular formula is C52H82O15. The summed E-state index contributed by atoms with van der Waals surface area (Å²) in [6, 6.07) is 0. The largest absolute Gasteiger partial charge is 0.346 e. The molecule has 24 atom stereocenters. The minimum absolute atomic E-state index is 0.0931. The van der Waals surface area contributed by atoms with Crippen LogP contribution in [0.15, 0.2) is 0 Å². The fraction of sp³-hybridized carbons (Fsp3) is 1.00. The van der Waals surface area contributed by atoms with Gasteiger partial charge in [0.25, 0.3) is 6.48 Å². The molecule has 3 saturated carbocycles. The zero-order valence-corrected chi connectivity index (χ0v) is 41.8. The molecule has 15 nitrogen and oxygen atoms in total. The molecule has 0 aromatic heterocycles. The van der Waals surface area contributed by atoms with Crippen molar-refractivity contribution in [2.45, 2.75) is 236 Å². The molecule has 6 bridgehead atoms. The molecule has 3 aliphatic carbocycles. The van der Waals surface area contributed by atoms with Crippen molar-refractivity contribution >= 4 is 0 Å².